The van der Waals surface area contributed by atoms with E-state index in [1.807, 2.05) is 6.92 Å². The zero-order chi connectivity index (χ0) is 20.0. The minimum absolute atomic E-state index is 0.0433. The fourth-order valence-corrected chi connectivity index (χ4v) is 3.98. The van der Waals surface area contributed by atoms with Crippen LogP contribution in [0.1, 0.15) is 16.8 Å². The second kappa shape index (κ2) is 6.49. The molecule has 0 aliphatic carbocycles. The molecule has 0 saturated carbocycles. The van der Waals surface area contributed by atoms with Gasteiger partial charge in [-0.1, -0.05) is 0 Å². The molecule has 0 amide bonds. The molecule has 9 heteroatoms. The molecule has 0 spiro atoms. The van der Waals surface area contributed by atoms with Crippen molar-refractivity contribution in [3.8, 4) is 5.75 Å². The Morgan fingerprint density at radius 1 is 1.04 bits per heavy atom. The highest BCUT2D eigenvalue weighted by atomic mass is 32.2. The lowest BCUT2D eigenvalue weighted by atomic mass is 10.1. The maximum Gasteiger partial charge on any atom is 0.431 e. The van der Waals surface area contributed by atoms with E-state index in [-0.39, 0.29) is 27.2 Å². The normalized spacial score (nSPS) is 12.4. The largest absolute Gasteiger partial charge is 0.495 e. The number of benzene rings is 2. The predicted molar refractivity (Wildman–Crippen MR) is 96.6 cm³/mol. The van der Waals surface area contributed by atoms with Gasteiger partial charge >= 0.3 is 6.18 Å². The van der Waals surface area contributed by atoms with Crippen LogP contribution in [0.3, 0.4) is 0 Å². The quantitative estimate of drug-likeness (QED) is 0.674. The molecule has 1 heterocycles. The molecule has 2 aromatic carbocycles. The number of halogens is 3. The van der Waals surface area contributed by atoms with Gasteiger partial charge in [-0.25, -0.2) is 8.42 Å². The van der Waals surface area contributed by atoms with Gasteiger partial charge in [-0.2, -0.15) is 13.2 Å². The Morgan fingerprint density at radius 3 is 2.33 bits per heavy atom. The number of alkyl halides is 3. The van der Waals surface area contributed by atoms with Gasteiger partial charge in [0.1, 0.15) is 16.3 Å². The Labute approximate surface area is 154 Å². The number of aromatic nitrogens is 1. The third kappa shape index (κ3) is 3.73. The number of aryl methyl sites for hydroxylation is 2. The number of anilines is 1. The number of fused-ring (bicyclic) bond motifs is 1. The van der Waals surface area contributed by atoms with E-state index in [1.54, 1.807) is 13.0 Å². The van der Waals surface area contributed by atoms with Gasteiger partial charge in [0, 0.05) is 16.6 Å². The first-order chi connectivity index (χ1) is 12.5. The van der Waals surface area contributed by atoms with Crippen LogP contribution in [0.2, 0.25) is 0 Å². The Balaban J connectivity index is 2.00. The van der Waals surface area contributed by atoms with Gasteiger partial charge in [0.15, 0.2) is 0 Å². The van der Waals surface area contributed by atoms with E-state index in [4.69, 9.17) is 4.74 Å². The molecular weight excluding hydrogens is 381 g/mol. The number of nitrogens with one attached hydrogen (secondary N) is 2. The van der Waals surface area contributed by atoms with Crippen molar-refractivity contribution in [2.24, 2.45) is 0 Å². The Hall–Kier alpha value is -2.68. The molecule has 0 unspecified atom stereocenters. The molecular formula is C18H17F3N2O3S. The lowest BCUT2D eigenvalue weighted by Crippen LogP contribution is -2.14. The van der Waals surface area contributed by atoms with Crippen LogP contribution < -0.4 is 9.46 Å². The van der Waals surface area contributed by atoms with Gasteiger partial charge in [0.25, 0.3) is 10.0 Å². The van der Waals surface area contributed by atoms with E-state index >= 15 is 0 Å². The molecule has 144 valence electrons. The first kappa shape index (κ1) is 19.1. The summed E-state index contributed by atoms with van der Waals surface area (Å²) in [5.41, 5.74) is 1.16. The Kier molecular flexibility index (Phi) is 4.59. The summed E-state index contributed by atoms with van der Waals surface area (Å²) < 4.78 is 71.5. The van der Waals surface area contributed by atoms with Crippen LogP contribution in [0.15, 0.2) is 41.3 Å². The SMILES string of the molecule is COc1cc(C)c(C)cc1S(=O)(=O)Nc1ccc2[nH]c(C(F)(F)F)cc2c1. The molecule has 3 aromatic rings. The number of ether oxygens (including phenoxy) is 1. The van der Waals surface area contributed by atoms with E-state index in [1.165, 1.54) is 31.4 Å². The van der Waals surface area contributed by atoms with Crippen molar-refractivity contribution in [2.75, 3.05) is 11.8 Å². The number of hydrogen-bond acceptors (Lipinski definition) is 3. The molecule has 2 N–H and O–H groups in total. The standard InChI is InChI=1S/C18H17F3N2O3S/c1-10-6-15(26-3)16(7-11(10)2)27(24,25)23-13-4-5-14-12(8-13)9-17(22-14)18(19,20)21/h4-9,22-23H,1-3H3. The molecule has 3 rings (SSSR count). The topological polar surface area (TPSA) is 71.2 Å². The van der Waals surface area contributed by atoms with Gasteiger partial charge < -0.3 is 9.72 Å². The zero-order valence-corrected chi connectivity index (χ0v) is 15.5. The van der Waals surface area contributed by atoms with Crippen LogP contribution in [0.25, 0.3) is 10.9 Å². The monoisotopic (exact) mass is 398 g/mol. The molecule has 0 bridgehead atoms. The van der Waals surface area contributed by atoms with Gasteiger partial charge in [0.2, 0.25) is 0 Å². The summed E-state index contributed by atoms with van der Waals surface area (Å²) in [6.07, 6.45) is -4.51. The van der Waals surface area contributed by atoms with Crippen molar-refractivity contribution in [1.29, 1.82) is 0 Å². The molecule has 0 atom stereocenters. The Morgan fingerprint density at radius 2 is 1.70 bits per heavy atom. The summed E-state index contributed by atoms with van der Waals surface area (Å²) in [5, 5.41) is 0.245. The average Bonchev–Trinajstić information content (AvgIpc) is 3.00. The molecule has 0 aliphatic heterocycles. The highest BCUT2D eigenvalue weighted by molar-refractivity contribution is 7.92. The lowest BCUT2D eigenvalue weighted by molar-refractivity contribution is -0.140. The second-order valence-electron chi connectivity index (χ2n) is 6.18. The average molecular weight is 398 g/mol. The van der Waals surface area contributed by atoms with Crippen molar-refractivity contribution < 1.29 is 26.3 Å². The first-order valence-electron chi connectivity index (χ1n) is 7.89. The fraction of sp³-hybridized carbons (Fsp3) is 0.222. The summed E-state index contributed by atoms with van der Waals surface area (Å²) in [6, 6.07) is 8.17. The number of H-pyrrole nitrogens is 1. The third-order valence-electron chi connectivity index (χ3n) is 4.25. The third-order valence-corrected chi connectivity index (χ3v) is 5.65. The van der Waals surface area contributed by atoms with Crippen molar-refractivity contribution in [2.45, 2.75) is 24.9 Å². The van der Waals surface area contributed by atoms with Crippen molar-refractivity contribution in [3.05, 3.63) is 53.2 Å². The maximum absolute atomic E-state index is 12.8. The van der Waals surface area contributed by atoms with Crippen LogP contribution in [0.5, 0.6) is 5.75 Å². The van der Waals surface area contributed by atoms with E-state index in [9.17, 15) is 21.6 Å². The van der Waals surface area contributed by atoms with Crippen LogP contribution in [-0.4, -0.2) is 20.5 Å². The molecule has 27 heavy (non-hydrogen) atoms. The fourth-order valence-electron chi connectivity index (χ4n) is 2.69. The van der Waals surface area contributed by atoms with E-state index in [2.05, 4.69) is 9.71 Å². The van der Waals surface area contributed by atoms with Gasteiger partial charge in [0.05, 0.1) is 7.11 Å². The summed E-state index contributed by atoms with van der Waals surface area (Å²) in [7, 11) is -2.62. The maximum atomic E-state index is 12.8. The van der Waals surface area contributed by atoms with Crippen molar-refractivity contribution >= 4 is 26.6 Å². The Bertz CT molecular complexity index is 1120. The van der Waals surface area contributed by atoms with Crippen LogP contribution in [-0.2, 0) is 16.2 Å². The first-order valence-corrected chi connectivity index (χ1v) is 9.37. The number of hydrogen-bond donors (Lipinski definition) is 2. The van der Waals surface area contributed by atoms with Crippen molar-refractivity contribution in [3.63, 3.8) is 0 Å². The zero-order valence-electron chi connectivity index (χ0n) is 14.7. The predicted octanol–water partition coefficient (Wildman–Crippen LogP) is 4.61. The number of methoxy groups -OCH3 is 1. The highest BCUT2D eigenvalue weighted by Gasteiger charge is 2.32. The van der Waals surface area contributed by atoms with Crippen LogP contribution in [0.4, 0.5) is 18.9 Å². The van der Waals surface area contributed by atoms with E-state index < -0.39 is 21.9 Å². The van der Waals surface area contributed by atoms with Gasteiger partial charge in [-0.05, 0) is 61.4 Å². The summed E-state index contributed by atoms with van der Waals surface area (Å²) in [6.45, 7) is 3.61. The summed E-state index contributed by atoms with van der Waals surface area (Å²) in [5.74, 6) is 0.188. The molecule has 0 aliphatic rings. The van der Waals surface area contributed by atoms with Crippen LogP contribution in [0, 0.1) is 13.8 Å². The summed E-state index contributed by atoms with van der Waals surface area (Å²) >= 11 is 0. The number of aromatic amines is 1. The van der Waals surface area contributed by atoms with Gasteiger partial charge in [-0.15, -0.1) is 0 Å². The minimum Gasteiger partial charge on any atom is -0.495 e. The van der Waals surface area contributed by atoms with Crippen molar-refractivity contribution in [1.82, 2.24) is 4.98 Å². The molecule has 5 nitrogen and oxygen atoms in total. The molecule has 0 saturated heterocycles. The van der Waals surface area contributed by atoms with E-state index in [0.717, 1.165) is 17.2 Å². The van der Waals surface area contributed by atoms with Gasteiger partial charge in [-0.3, -0.25) is 4.72 Å². The number of rotatable bonds is 4. The smallest absolute Gasteiger partial charge is 0.431 e. The van der Waals surface area contributed by atoms with E-state index in [0.29, 0.717) is 0 Å². The lowest BCUT2D eigenvalue weighted by Gasteiger charge is -2.14. The second-order valence-corrected chi connectivity index (χ2v) is 7.83. The molecule has 1 aromatic heterocycles. The highest BCUT2D eigenvalue weighted by Crippen LogP contribution is 2.33. The molecule has 0 fully saturated rings. The minimum atomic E-state index is -4.51. The molecule has 0 radical (unpaired) electrons. The van der Waals surface area contributed by atoms with Crippen LogP contribution >= 0.6 is 0 Å². The number of sulfonamides is 1. The summed E-state index contributed by atoms with van der Waals surface area (Å²) in [4.78, 5) is 2.22.